The number of hydrogen-bond acceptors (Lipinski definition) is 2. The van der Waals surface area contributed by atoms with E-state index in [0.29, 0.717) is 4.83 Å². The number of aliphatic imine (C=N–C) groups is 1. The predicted molar refractivity (Wildman–Crippen MR) is 57.2 cm³/mol. The molecule has 1 aliphatic rings. The van der Waals surface area contributed by atoms with Crippen molar-refractivity contribution in [3.63, 3.8) is 0 Å². The van der Waals surface area contributed by atoms with Crippen molar-refractivity contribution in [3.8, 4) is 0 Å². The molecule has 0 N–H and O–H groups in total. The summed E-state index contributed by atoms with van der Waals surface area (Å²) < 4.78 is 0. The van der Waals surface area contributed by atoms with Crippen LogP contribution in [0, 0.1) is 0 Å². The van der Waals surface area contributed by atoms with Crippen molar-refractivity contribution in [1.82, 2.24) is 4.90 Å². The summed E-state index contributed by atoms with van der Waals surface area (Å²) in [7, 11) is 0. The maximum absolute atomic E-state index is 4.17. The van der Waals surface area contributed by atoms with Crippen molar-refractivity contribution in [2.24, 2.45) is 4.99 Å². The van der Waals surface area contributed by atoms with Gasteiger partial charge >= 0.3 is 0 Å². The summed E-state index contributed by atoms with van der Waals surface area (Å²) >= 11 is 3.67. The highest BCUT2D eigenvalue weighted by Gasteiger charge is 2.08. The SMILES string of the molecule is CCCC(Br)CCN1C=NCC1. The van der Waals surface area contributed by atoms with Crippen LogP contribution in [-0.2, 0) is 0 Å². The van der Waals surface area contributed by atoms with Crippen molar-refractivity contribution in [1.29, 1.82) is 0 Å². The van der Waals surface area contributed by atoms with E-state index in [2.05, 4.69) is 32.7 Å². The average molecular weight is 233 g/mol. The first-order chi connectivity index (χ1) is 5.83. The lowest BCUT2D eigenvalue weighted by atomic mass is 10.2. The minimum absolute atomic E-state index is 0.691. The molecule has 0 aliphatic carbocycles. The van der Waals surface area contributed by atoms with Crippen molar-refractivity contribution in [2.75, 3.05) is 19.6 Å². The Bertz CT molecular complexity index is 147. The molecule has 0 amide bonds. The van der Waals surface area contributed by atoms with Crippen molar-refractivity contribution < 1.29 is 0 Å². The Labute approximate surface area is 83.2 Å². The Balaban J connectivity index is 2.04. The Morgan fingerprint density at radius 3 is 3.00 bits per heavy atom. The quantitative estimate of drug-likeness (QED) is 0.665. The molecule has 0 bridgehead atoms. The maximum Gasteiger partial charge on any atom is 0.0851 e. The molecule has 1 aliphatic heterocycles. The zero-order valence-electron chi connectivity index (χ0n) is 7.67. The Kier molecular flexibility index (Phi) is 4.66. The molecule has 0 saturated heterocycles. The molecule has 70 valence electrons. The van der Waals surface area contributed by atoms with Gasteiger partial charge in [0.25, 0.3) is 0 Å². The van der Waals surface area contributed by atoms with Gasteiger partial charge in [-0.15, -0.1) is 0 Å². The first-order valence-corrected chi connectivity index (χ1v) is 5.62. The largest absolute Gasteiger partial charge is 0.361 e. The molecule has 1 unspecified atom stereocenters. The highest BCUT2D eigenvalue weighted by molar-refractivity contribution is 9.09. The minimum Gasteiger partial charge on any atom is -0.361 e. The fourth-order valence-corrected chi connectivity index (χ4v) is 2.01. The highest BCUT2D eigenvalue weighted by Crippen LogP contribution is 2.12. The van der Waals surface area contributed by atoms with Crippen LogP contribution in [0.4, 0.5) is 0 Å². The fraction of sp³-hybridized carbons (Fsp3) is 0.889. The number of alkyl halides is 1. The van der Waals surface area contributed by atoms with E-state index in [4.69, 9.17) is 0 Å². The second kappa shape index (κ2) is 5.57. The van der Waals surface area contributed by atoms with Crippen LogP contribution in [0.1, 0.15) is 26.2 Å². The van der Waals surface area contributed by atoms with Gasteiger partial charge in [0.2, 0.25) is 0 Å². The summed E-state index contributed by atoms with van der Waals surface area (Å²) in [5.41, 5.74) is 0. The molecule has 1 atom stereocenters. The number of hydrogen-bond donors (Lipinski definition) is 0. The van der Waals surface area contributed by atoms with Crippen LogP contribution in [0.3, 0.4) is 0 Å². The number of halogens is 1. The predicted octanol–water partition coefficient (Wildman–Crippen LogP) is 2.28. The van der Waals surface area contributed by atoms with E-state index in [1.54, 1.807) is 0 Å². The van der Waals surface area contributed by atoms with E-state index >= 15 is 0 Å². The Morgan fingerprint density at radius 1 is 1.58 bits per heavy atom. The molecule has 0 saturated carbocycles. The molecule has 0 radical (unpaired) electrons. The van der Waals surface area contributed by atoms with Gasteiger partial charge in [-0.2, -0.15) is 0 Å². The van der Waals surface area contributed by atoms with Crippen LogP contribution in [0.5, 0.6) is 0 Å². The van der Waals surface area contributed by atoms with E-state index in [0.717, 1.165) is 19.6 Å². The maximum atomic E-state index is 4.17. The van der Waals surface area contributed by atoms with E-state index in [-0.39, 0.29) is 0 Å². The summed E-state index contributed by atoms with van der Waals surface area (Å²) in [6.45, 7) is 5.48. The average Bonchev–Trinajstić information content (AvgIpc) is 2.53. The standard InChI is InChI=1S/C9H17BrN2/c1-2-3-9(10)4-6-12-7-5-11-8-12/h8-9H,2-7H2,1H3. The lowest BCUT2D eigenvalue weighted by Crippen LogP contribution is -2.22. The Hall–Kier alpha value is -0.0500. The summed E-state index contributed by atoms with van der Waals surface area (Å²) in [4.78, 5) is 7.16. The molecule has 0 aromatic heterocycles. The van der Waals surface area contributed by atoms with Crippen LogP contribution in [0.15, 0.2) is 4.99 Å². The molecule has 1 rings (SSSR count). The van der Waals surface area contributed by atoms with Crippen LogP contribution in [0.25, 0.3) is 0 Å². The van der Waals surface area contributed by atoms with Crippen molar-refractivity contribution >= 4 is 22.3 Å². The molecule has 12 heavy (non-hydrogen) atoms. The molecule has 0 fully saturated rings. The fourth-order valence-electron chi connectivity index (χ4n) is 1.35. The lowest BCUT2D eigenvalue weighted by Gasteiger charge is -2.15. The lowest BCUT2D eigenvalue weighted by molar-refractivity contribution is 0.448. The van der Waals surface area contributed by atoms with Gasteiger partial charge in [-0.1, -0.05) is 29.3 Å². The smallest absolute Gasteiger partial charge is 0.0851 e. The molecular weight excluding hydrogens is 216 g/mol. The number of rotatable bonds is 5. The topological polar surface area (TPSA) is 15.6 Å². The molecule has 1 heterocycles. The minimum atomic E-state index is 0.691. The highest BCUT2D eigenvalue weighted by atomic mass is 79.9. The van der Waals surface area contributed by atoms with Crippen LogP contribution < -0.4 is 0 Å². The Morgan fingerprint density at radius 2 is 2.42 bits per heavy atom. The van der Waals surface area contributed by atoms with E-state index in [1.807, 2.05) is 6.34 Å². The molecule has 0 spiro atoms. The van der Waals surface area contributed by atoms with E-state index in [1.165, 1.54) is 19.3 Å². The first-order valence-electron chi connectivity index (χ1n) is 4.71. The summed E-state index contributed by atoms with van der Waals surface area (Å²) in [6, 6.07) is 0. The van der Waals surface area contributed by atoms with Crippen LogP contribution in [-0.4, -0.2) is 35.7 Å². The second-order valence-corrected chi connectivity index (χ2v) is 4.53. The van der Waals surface area contributed by atoms with Gasteiger partial charge in [0.1, 0.15) is 0 Å². The van der Waals surface area contributed by atoms with Gasteiger partial charge in [-0.05, 0) is 12.8 Å². The molecule has 2 nitrogen and oxygen atoms in total. The third-order valence-corrected chi connectivity index (χ3v) is 3.01. The molecule has 0 aromatic carbocycles. The summed E-state index contributed by atoms with van der Waals surface area (Å²) in [5, 5.41) is 0. The summed E-state index contributed by atoms with van der Waals surface area (Å²) in [6.07, 6.45) is 5.76. The van der Waals surface area contributed by atoms with Gasteiger partial charge in [-0.3, -0.25) is 4.99 Å². The third-order valence-electron chi connectivity index (χ3n) is 2.09. The summed E-state index contributed by atoms with van der Waals surface area (Å²) in [5.74, 6) is 0. The molecular formula is C9H17BrN2. The molecule has 3 heteroatoms. The van der Waals surface area contributed by atoms with Crippen molar-refractivity contribution in [3.05, 3.63) is 0 Å². The zero-order chi connectivity index (χ0) is 8.81. The van der Waals surface area contributed by atoms with Gasteiger partial charge in [0, 0.05) is 17.9 Å². The monoisotopic (exact) mass is 232 g/mol. The van der Waals surface area contributed by atoms with Gasteiger partial charge in [-0.25, -0.2) is 0 Å². The van der Waals surface area contributed by atoms with Gasteiger partial charge < -0.3 is 4.90 Å². The second-order valence-electron chi connectivity index (χ2n) is 3.23. The number of nitrogens with zero attached hydrogens (tertiary/aromatic N) is 2. The van der Waals surface area contributed by atoms with Crippen LogP contribution >= 0.6 is 15.9 Å². The third kappa shape index (κ3) is 3.57. The van der Waals surface area contributed by atoms with Crippen LogP contribution in [0.2, 0.25) is 0 Å². The van der Waals surface area contributed by atoms with Gasteiger partial charge in [0.15, 0.2) is 0 Å². The first kappa shape index (κ1) is 10.0. The zero-order valence-corrected chi connectivity index (χ0v) is 9.26. The normalized spacial score (nSPS) is 18.7. The van der Waals surface area contributed by atoms with Gasteiger partial charge in [0.05, 0.1) is 12.9 Å². The molecule has 0 aromatic rings. The van der Waals surface area contributed by atoms with Crippen molar-refractivity contribution in [2.45, 2.75) is 31.0 Å². The van der Waals surface area contributed by atoms with E-state index in [9.17, 15) is 0 Å². The van der Waals surface area contributed by atoms with E-state index < -0.39 is 0 Å².